The van der Waals surface area contributed by atoms with Gasteiger partial charge in [-0.15, -0.1) is 0 Å². The number of carbonyl (C=O) groups excluding carboxylic acids is 1. The minimum atomic E-state index is -0.238. The summed E-state index contributed by atoms with van der Waals surface area (Å²) in [5.74, 6) is 1.20. The summed E-state index contributed by atoms with van der Waals surface area (Å²) in [6, 6.07) is 12.9. The molecule has 136 valence electrons. The molecule has 4 rings (SSSR count). The average molecular weight is 362 g/mol. The van der Waals surface area contributed by atoms with Gasteiger partial charge in [0.25, 0.3) is 5.91 Å². The highest BCUT2D eigenvalue weighted by molar-refractivity contribution is 5.93. The molecule has 0 radical (unpaired) electrons. The molecular formula is C20H18N4O3. The molecule has 0 spiro atoms. The van der Waals surface area contributed by atoms with Crippen molar-refractivity contribution >= 4 is 17.3 Å². The first-order valence-electron chi connectivity index (χ1n) is 8.58. The number of pyridine rings is 2. The summed E-state index contributed by atoms with van der Waals surface area (Å²) in [6.45, 7) is 1.51. The average Bonchev–Trinajstić information content (AvgIpc) is 2.73. The van der Waals surface area contributed by atoms with Crippen molar-refractivity contribution in [3.05, 3.63) is 72.3 Å². The zero-order valence-corrected chi connectivity index (χ0v) is 14.5. The third-order valence-corrected chi connectivity index (χ3v) is 4.03. The van der Waals surface area contributed by atoms with Gasteiger partial charge in [0.05, 0.1) is 0 Å². The lowest BCUT2D eigenvalue weighted by molar-refractivity contribution is 0.0946. The molecule has 7 heteroatoms. The van der Waals surface area contributed by atoms with Gasteiger partial charge >= 0.3 is 0 Å². The van der Waals surface area contributed by atoms with E-state index in [0.717, 1.165) is 22.7 Å². The number of carbonyl (C=O) groups is 1. The van der Waals surface area contributed by atoms with Crippen molar-refractivity contribution in [2.45, 2.75) is 6.54 Å². The van der Waals surface area contributed by atoms with Crippen molar-refractivity contribution in [1.29, 1.82) is 0 Å². The largest absolute Gasteiger partial charge is 0.486 e. The summed E-state index contributed by atoms with van der Waals surface area (Å²) in [6.07, 6.45) is 4.98. The van der Waals surface area contributed by atoms with Gasteiger partial charge in [-0.1, -0.05) is 0 Å². The van der Waals surface area contributed by atoms with E-state index in [1.807, 2.05) is 30.3 Å². The second-order valence-electron chi connectivity index (χ2n) is 5.95. The second-order valence-corrected chi connectivity index (χ2v) is 5.95. The first-order valence-corrected chi connectivity index (χ1v) is 8.58. The molecule has 7 nitrogen and oxygen atoms in total. The summed E-state index contributed by atoms with van der Waals surface area (Å²) in [7, 11) is 0. The number of benzene rings is 1. The van der Waals surface area contributed by atoms with Crippen LogP contribution >= 0.6 is 0 Å². The van der Waals surface area contributed by atoms with Gasteiger partial charge in [0, 0.05) is 42.6 Å². The standard InChI is InChI=1S/C20H18N4O3/c25-20(23-13-14-3-6-21-7-4-14)17-11-16(5-8-22-17)24-15-1-2-18-19(12-15)27-10-9-26-18/h1-8,11-12H,9-10,13H2,(H,22,24)(H,23,25). The minimum Gasteiger partial charge on any atom is -0.486 e. The van der Waals surface area contributed by atoms with Gasteiger partial charge in [-0.05, 0) is 42.0 Å². The van der Waals surface area contributed by atoms with E-state index in [9.17, 15) is 4.79 Å². The Hall–Kier alpha value is -3.61. The van der Waals surface area contributed by atoms with Crippen LogP contribution in [0.15, 0.2) is 61.1 Å². The molecule has 1 aliphatic rings. The first-order chi connectivity index (χ1) is 13.3. The fourth-order valence-corrected chi connectivity index (χ4v) is 2.69. The quantitative estimate of drug-likeness (QED) is 0.726. The van der Waals surface area contributed by atoms with Crippen molar-refractivity contribution in [3.63, 3.8) is 0 Å². The van der Waals surface area contributed by atoms with Crippen LogP contribution in [0.25, 0.3) is 0 Å². The zero-order chi connectivity index (χ0) is 18.5. The monoisotopic (exact) mass is 362 g/mol. The number of ether oxygens (including phenoxy) is 2. The molecule has 2 aromatic heterocycles. The maximum absolute atomic E-state index is 12.4. The van der Waals surface area contributed by atoms with Crippen LogP contribution in [0.5, 0.6) is 11.5 Å². The number of aromatic nitrogens is 2. The topological polar surface area (TPSA) is 85.4 Å². The van der Waals surface area contributed by atoms with Crippen molar-refractivity contribution in [2.75, 3.05) is 18.5 Å². The molecule has 1 amide bonds. The zero-order valence-electron chi connectivity index (χ0n) is 14.5. The van der Waals surface area contributed by atoms with Crippen LogP contribution in [-0.2, 0) is 6.54 Å². The van der Waals surface area contributed by atoms with Crippen molar-refractivity contribution < 1.29 is 14.3 Å². The lowest BCUT2D eigenvalue weighted by atomic mass is 10.2. The van der Waals surface area contributed by atoms with Gasteiger partial charge in [-0.3, -0.25) is 14.8 Å². The highest BCUT2D eigenvalue weighted by atomic mass is 16.6. The van der Waals surface area contributed by atoms with E-state index in [4.69, 9.17) is 9.47 Å². The number of hydrogen-bond acceptors (Lipinski definition) is 6. The molecule has 1 aromatic carbocycles. The summed E-state index contributed by atoms with van der Waals surface area (Å²) >= 11 is 0. The number of rotatable bonds is 5. The molecule has 2 N–H and O–H groups in total. The summed E-state index contributed by atoms with van der Waals surface area (Å²) < 4.78 is 11.1. The van der Waals surface area contributed by atoms with Crippen LogP contribution in [0.2, 0.25) is 0 Å². The van der Waals surface area contributed by atoms with Crippen molar-refractivity contribution in [2.24, 2.45) is 0 Å². The molecule has 0 aliphatic carbocycles. The number of hydrogen-bond donors (Lipinski definition) is 2. The highest BCUT2D eigenvalue weighted by Crippen LogP contribution is 2.33. The van der Waals surface area contributed by atoms with E-state index in [-0.39, 0.29) is 5.91 Å². The second kappa shape index (κ2) is 7.74. The van der Waals surface area contributed by atoms with E-state index in [0.29, 0.717) is 31.2 Å². The molecule has 0 bridgehead atoms. The van der Waals surface area contributed by atoms with Gasteiger partial charge in [-0.25, -0.2) is 0 Å². The van der Waals surface area contributed by atoms with Crippen LogP contribution in [0.3, 0.4) is 0 Å². The Morgan fingerprint density at radius 1 is 0.926 bits per heavy atom. The van der Waals surface area contributed by atoms with E-state index in [1.54, 1.807) is 30.7 Å². The number of nitrogens with one attached hydrogen (secondary N) is 2. The van der Waals surface area contributed by atoms with Gasteiger partial charge in [0.2, 0.25) is 0 Å². The Morgan fingerprint density at radius 2 is 1.70 bits per heavy atom. The predicted molar refractivity (Wildman–Crippen MR) is 100 cm³/mol. The Morgan fingerprint density at radius 3 is 2.56 bits per heavy atom. The van der Waals surface area contributed by atoms with Gasteiger partial charge in [0.15, 0.2) is 11.5 Å². The van der Waals surface area contributed by atoms with Crippen LogP contribution in [0.1, 0.15) is 16.1 Å². The summed E-state index contributed by atoms with van der Waals surface area (Å²) in [4.78, 5) is 20.5. The van der Waals surface area contributed by atoms with E-state index in [2.05, 4.69) is 20.6 Å². The Balaban J connectivity index is 1.43. The van der Waals surface area contributed by atoms with E-state index < -0.39 is 0 Å². The molecule has 0 saturated carbocycles. The van der Waals surface area contributed by atoms with E-state index >= 15 is 0 Å². The smallest absolute Gasteiger partial charge is 0.270 e. The molecule has 0 unspecified atom stereocenters. The number of nitrogens with zero attached hydrogens (tertiary/aromatic N) is 2. The molecule has 27 heavy (non-hydrogen) atoms. The molecule has 3 aromatic rings. The van der Waals surface area contributed by atoms with Crippen molar-refractivity contribution in [3.8, 4) is 11.5 Å². The third-order valence-electron chi connectivity index (χ3n) is 4.03. The molecule has 0 saturated heterocycles. The number of amides is 1. The highest BCUT2D eigenvalue weighted by Gasteiger charge is 2.12. The Labute approximate surface area is 156 Å². The normalized spacial score (nSPS) is 12.3. The SMILES string of the molecule is O=C(NCc1ccncc1)c1cc(Nc2ccc3c(c2)OCCO3)ccn1. The number of fused-ring (bicyclic) bond motifs is 1. The van der Waals surface area contributed by atoms with Crippen LogP contribution in [-0.4, -0.2) is 29.1 Å². The number of anilines is 2. The third kappa shape index (κ3) is 4.14. The van der Waals surface area contributed by atoms with Gasteiger partial charge in [-0.2, -0.15) is 0 Å². The molecular weight excluding hydrogens is 344 g/mol. The van der Waals surface area contributed by atoms with Crippen LogP contribution in [0, 0.1) is 0 Å². The maximum Gasteiger partial charge on any atom is 0.270 e. The molecule has 0 atom stereocenters. The molecule has 1 aliphatic heterocycles. The van der Waals surface area contributed by atoms with Crippen LogP contribution < -0.4 is 20.1 Å². The lowest BCUT2D eigenvalue weighted by Gasteiger charge is -2.19. The van der Waals surface area contributed by atoms with Crippen molar-refractivity contribution in [1.82, 2.24) is 15.3 Å². The molecule has 0 fully saturated rings. The lowest BCUT2D eigenvalue weighted by Crippen LogP contribution is -2.23. The fraction of sp³-hybridized carbons (Fsp3) is 0.150. The summed E-state index contributed by atoms with van der Waals surface area (Å²) in [5, 5.41) is 6.11. The fourth-order valence-electron chi connectivity index (χ4n) is 2.69. The first kappa shape index (κ1) is 16.8. The Kier molecular flexibility index (Phi) is 4.82. The summed E-state index contributed by atoms with van der Waals surface area (Å²) in [5.41, 5.74) is 2.92. The van der Waals surface area contributed by atoms with Gasteiger partial charge < -0.3 is 20.1 Å². The van der Waals surface area contributed by atoms with Gasteiger partial charge in [0.1, 0.15) is 18.9 Å². The van der Waals surface area contributed by atoms with Crippen LogP contribution in [0.4, 0.5) is 11.4 Å². The van der Waals surface area contributed by atoms with E-state index in [1.165, 1.54) is 0 Å². The molecule has 3 heterocycles. The Bertz CT molecular complexity index is 947. The minimum absolute atomic E-state index is 0.238. The maximum atomic E-state index is 12.4. The predicted octanol–water partition coefficient (Wildman–Crippen LogP) is 2.92.